The summed E-state index contributed by atoms with van der Waals surface area (Å²) in [6.45, 7) is 0.691. The molecular weight excluding hydrogens is 208 g/mol. The van der Waals surface area contributed by atoms with Crippen LogP contribution in [0.3, 0.4) is 0 Å². The summed E-state index contributed by atoms with van der Waals surface area (Å²) in [5.41, 5.74) is 6.68. The van der Waals surface area contributed by atoms with E-state index in [-0.39, 0.29) is 0 Å². The molecule has 3 rings (SSSR count). The maximum absolute atomic E-state index is 5.85. The summed E-state index contributed by atoms with van der Waals surface area (Å²) in [6.07, 6.45) is 5.52. The minimum absolute atomic E-state index is 0.451. The van der Waals surface area contributed by atoms with E-state index >= 15 is 0 Å². The average molecular weight is 224 g/mol. The number of thiazole rings is 1. The number of ether oxygens (including phenoxy) is 1. The summed E-state index contributed by atoms with van der Waals surface area (Å²) in [5.74, 6) is 0.570. The van der Waals surface area contributed by atoms with Crippen LogP contribution in [0, 0.1) is 0 Å². The largest absolute Gasteiger partial charge is 0.374 e. The summed E-state index contributed by atoms with van der Waals surface area (Å²) < 4.78 is 5.85. The van der Waals surface area contributed by atoms with Crippen molar-refractivity contribution in [2.75, 3.05) is 6.54 Å². The number of nitrogens with two attached hydrogens (primary N) is 1. The van der Waals surface area contributed by atoms with Crippen molar-refractivity contribution in [1.82, 2.24) is 4.98 Å². The van der Waals surface area contributed by atoms with Crippen molar-refractivity contribution in [1.29, 1.82) is 0 Å². The van der Waals surface area contributed by atoms with Gasteiger partial charge in [-0.05, 0) is 25.8 Å². The molecule has 4 heteroatoms. The van der Waals surface area contributed by atoms with Crippen LogP contribution in [0.5, 0.6) is 0 Å². The molecule has 0 aliphatic carbocycles. The van der Waals surface area contributed by atoms with Crippen molar-refractivity contribution in [2.45, 2.75) is 43.8 Å². The Morgan fingerprint density at radius 3 is 3.13 bits per heavy atom. The van der Waals surface area contributed by atoms with Gasteiger partial charge >= 0.3 is 0 Å². The average Bonchev–Trinajstić information content (AvgIpc) is 2.91. The quantitative estimate of drug-likeness (QED) is 0.849. The number of fused-ring (bicyclic) bond motifs is 2. The van der Waals surface area contributed by atoms with E-state index in [1.54, 1.807) is 11.3 Å². The summed E-state index contributed by atoms with van der Waals surface area (Å²) in [6, 6.07) is 0. The summed E-state index contributed by atoms with van der Waals surface area (Å²) >= 11 is 1.78. The fourth-order valence-electron chi connectivity index (χ4n) is 2.65. The van der Waals surface area contributed by atoms with Crippen LogP contribution in [-0.4, -0.2) is 23.7 Å². The van der Waals surface area contributed by atoms with Gasteiger partial charge in [0.1, 0.15) is 0 Å². The second kappa shape index (κ2) is 3.85. The Morgan fingerprint density at radius 2 is 2.47 bits per heavy atom. The van der Waals surface area contributed by atoms with Crippen molar-refractivity contribution in [3.05, 3.63) is 16.1 Å². The van der Waals surface area contributed by atoms with Gasteiger partial charge in [0.2, 0.25) is 0 Å². The monoisotopic (exact) mass is 224 g/mol. The molecule has 2 bridgehead atoms. The highest BCUT2D eigenvalue weighted by Gasteiger charge is 2.42. The molecule has 3 atom stereocenters. The van der Waals surface area contributed by atoms with E-state index in [1.807, 2.05) is 0 Å². The lowest BCUT2D eigenvalue weighted by atomic mass is 9.90. The molecule has 3 unspecified atom stereocenters. The highest BCUT2D eigenvalue weighted by atomic mass is 32.1. The normalized spacial score (nSPS) is 33.8. The lowest BCUT2D eigenvalue weighted by Gasteiger charge is -2.15. The molecule has 3 heterocycles. The van der Waals surface area contributed by atoms with E-state index in [2.05, 4.69) is 10.4 Å². The summed E-state index contributed by atoms with van der Waals surface area (Å²) in [5, 5.41) is 3.42. The van der Waals surface area contributed by atoms with Crippen molar-refractivity contribution in [3.63, 3.8) is 0 Å². The second-order valence-electron chi connectivity index (χ2n) is 4.43. The number of rotatable bonds is 3. The first kappa shape index (κ1) is 9.75. The molecule has 0 aromatic carbocycles. The molecule has 0 amide bonds. The van der Waals surface area contributed by atoms with Crippen LogP contribution in [0.4, 0.5) is 0 Å². The molecule has 2 fully saturated rings. The Kier molecular flexibility index (Phi) is 2.50. The van der Waals surface area contributed by atoms with Gasteiger partial charge in [0.15, 0.2) is 0 Å². The standard InChI is InChI=1S/C11H16N2OS/c12-4-3-7-6-15-11(13-7)9-5-8-1-2-10(9)14-8/h6,8-10H,1-5,12H2. The van der Waals surface area contributed by atoms with Crippen LogP contribution >= 0.6 is 11.3 Å². The number of hydrogen-bond acceptors (Lipinski definition) is 4. The maximum atomic E-state index is 5.85. The third-order valence-corrected chi connectivity index (χ3v) is 4.42. The minimum atomic E-state index is 0.451. The Hall–Kier alpha value is -0.450. The topological polar surface area (TPSA) is 48.1 Å². The molecule has 1 aromatic heterocycles. The Bertz CT molecular complexity index is 352. The second-order valence-corrected chi connectivity index (χ2v) is 5.32. The van der Waals surface area contributed by atoms with Gasteiger partial charge in [0.05, 0.1) is 22.9 Å². The molecule has 2 saturated heterocycles. The zero-order chi connectivity index (χ0) is 10.3. The Labute approximate surface area is 93.7 Å². The number of nitrogens with zero attached hydrogens (tertiary/aromatic N) is 1. The van der Waals surface area contributed by atoms with Crippen molar-refractivity contribution in [3.8, 4) is 0 Å². The van der Waals surface area contributed by atoms with Crippen LogP contribution in [0.15, 0.2) is 5.38 Å². The first-order valence-corrected chi connectivity index (χ1v) is 6.54. The molecular formula is C11H16N2OS. The Morgan fingerprint density at radius 1 is 1.53 bits per heavy atom. The third-order valence-electron chi connectivity index (χ3n) is 3.39. The van der Waals surface area contributed by atoms with Crippen molar-refractivity contribution in [2.24, 2.45) is 5.73 Å². The van der Waals surface area contributed by atoms with Gasteiger partial charge in [-0.1, -0.05) is 0 Å². The smallest absolute Gasteiger partial charge is 0.0986 e. The van der Waals surface area contributed by atoms with Crippen LogP contribution in [0.25, 0.3) is 0 Å². The first-order valence-electron chi connectivity index (χ1n) is 5.66. The molecule has 15 heavy (non-hydrogen) atoms. The minimum Gasteiger partial charge on any atom is -0.374 e. The summed E-state index contributed by atoms with van der Waals surface area (Å²) in [4.78, 5) is 4.66. The lowest BCUT2D eigenvalue weighted by molar-refractivity contribution is 0.100. The van der Waals surface area contributed by atoms with E-state index in [1.165, 1.54) is 24.3 Å². The first-order chi connectivity index (χ1) is 7.36. The number of hydrogen-bond donors (Lipinski definition) is 1. The van der Waals surface area contributed by atoms with Gasteiger partial charge < -0.3 is 10.5 Å². The SMILES string of the molecule is NCCc1csc(C2CC3CCC2O3)n1. The van der Waals surface area contributed by atoms with Crippen LogP contribution in [-0.2, 0) is 11.2 Å². The molecule has 82 valence electrons. The predicted octanol–water partition coefficient (Wildman–Crippen LogP) is 1.68. The van der Waals surface area contributed by atoms with E-state index < -0.39 is 0 Å². The molecule has 0 radical (unpaired) electrons. The van der Waals surface area contributed by atoms with Gasteiger partial charge in [-0.3, -0.25) is 0 Å². The highest BCUT2D eigenvalue weighted by Crippen LogP contribution is 2.45. The van der Waals surface area contributed by atoms with Crippen LogP contribution < -0.4 is 5.73 Å². The molecule has 0 spiro atoms. The van der Waals surface area contributed by atoms with Crippen LogP contribution in [0.1, 0.15) is 35.9 Å². The van der Waals surface area contributed by atoms with Crippen LogP contribution in [0.2, 0.25) is 0 Å². The zero-order valence-electron chi connectivity index (χ0n) is 8.69. The van der Waals surface area contributed by atoms with Gasteiger partial charge in [0, 0.05) is 17.7 Å². The molecule has 2 aliphatic rings. The van der Waals surface area contributed by atoms with Gasteiger partial charge in [-0.2, -0.15) is 0 Å². The molecule has 2 N–H and O–H groups in total. The third kappa shape index (κ3) is 1.71. The Balaban J connectivity index is 1.75. The van der Waals surface area contributed by atoms with E-state index in [0.29, 0.717) is 24.7 Å². The molecule has 0 saturated carbocycles. The van der Waals surface area contributed by atoms with Crippen molar-refractivity contribution >= 4 is 11.3 Å². The molecule has 1 aromatic rings. The molecule has 3 nitrogen and oxygen atoms in total. The van der Waals surface area contributed by atoms with Gasteiger partial charge in [0.25, 0.3) is 0 Å². The zero-order valence-corrected chi connectivity index (χ0v) is 9.50. The van der Waals surface area contributed by atoms with Crippen molar-refractivity contribution < 1.29 is 4.74 Å². The predicted molar refractivity (Wildman–Crippen MR) is 60.1 cm³/mol. The lowest BCUT2D eigenvalue weighted by Crippen LogP contribution is -2.14. The highest BCUT2D eigenvalue weighted by molar-refractivity contribution is 7.09. The fraction of sp³-hybridized carbons (Fsp3) is 0.727. The van der Waals surface area contributed by atoms with E-state index in [9.17, 15) is 0 Å². The van der Waals surface area contributed by atoms with Gasteiger partial charge in [-0.25, -0.2) is 4.98 Å². The fourth-order valence-corrected chi connectivity index (χ4v) is 3.67. The van der Waals surface area contributed by atoms with E-state index in [0.717, 1.165) is 12.1 Å². The maximum Gasteiger partial charge on any atom is 0.0986 e. The summed E-state index contributed by atoms with van der Waals surface area (Å²) in [7, 11) is 0. The molecule has 2 aliphatic heterocycles. The van der Waals surface area contributed by atoms with E-state index in [4.69, 9.17) is 10.5 Å². The van der Waals surface area contributed by atoms with Gasteiger partial charge in [-0.15, -0.1) is 11.3 Å². The number of aromatic nitrogens is 1.